The third-order valence-corrected chi connectivity index (χ3v) is 5.28. The van der Waals surface area contributed by atoms with Crippen LogP contribution in [0.3, 0.4) is 0 Å². The van der Waals surface area contributed by atoms with E-state index < -0.39 is 0 Å². The first-order chi connectivity index (χ1) is 12.6. The number of amides is 1. The Bertz CT molecular complexity index is 927. The van der Waals surface area contributed by atoms with Crippen molar-refractivity contribution in [3.63, 3.8) is 0 Å². The third-order valence-electron chi connectivity index (χ3n) is 3.63. The van der Waals surface area contributed by atoms with E-state index in [1.54, 1.807) is 7.11 Å². The fourth-order valence-electron chi connectivity index (χ4n) is 2.32. The average molecular weight is 433 g/mol. The number of aromatic nitrogens is 1. The maximum absolute atomic E-state index is 12.1. The predicted molar refractivity (Wildman–Crippen MR) is 107 cm³/mol. The lowest BCUT2D eigenvalue weighted by atomic mass is 10.1. The van der Waals surface area contributed by atoms with Crippen molar-refractivity contribution >= 4 is 38.3 Å². The molecule has 0 atom stereocenters. The molecule has 0 spiro atoms. The zero-order valence-corrected chi connectivity index (χ0v) is 16.7. The van der Waals surface area contributed by atoms with Gasteiger partial charge in [0.15, 0.2) is 11.7 Å². The Labute approximate surface area is 164 Å². The van der Waals surface area contributed by atoms with E-state index in [0.29, 0.717) is 10.9 Å². The minimum Gasteiger partial charge on any atom is -0.496 e. The number of aryl methyl sites for hydroxylation is 1. The molecule has 3 aromatic rings. The highest BCUT2D eigenvalue weighted by Crippen LogP contribution is 2.31. The van der Waals surface area contributed by atoms with Gasteiger partial charge in [0, 0.05) is 15.4 Å². The fraction of sp³-hybridized carbons (Fsp3) is 0.158. The van der Waals surface area contributed by atoms with Gasteiger partial charge in [0.2, 0.25) is 0 Å². The van der Waals surface area contributed by atoms with Crippen LogP contribution in [0.25, 0.3) is 11.3 Å². The van der Waals surface area contributed by atoms with Gasteiger partial charge in [-0.15, -0.1) is 11.3 Å². The van der Waals surface area contributed by atoms with Gasteiger partial charge in [0.05, 0.1) is 12.8 Å². The molecule has 0 aliphatic heterocycles. The van der Waals surface area contributed by atoms with Crippen LogP contribution in [0.4, 0.5) is 5.13 Å². The van der Waals surface area contributed by atoms with Crippen molar-refractivity contribution in [2.24, 2.45) is 0 Å². The summed E-state index contributed by atoms with van der Waals surface area (Å²) < 4.78 is 11.9. The molecular weight excluding hydrogens is 416 g/mol. The first kappa shape index (κ1) is 18.4. The molecule has 0 unspecified atom stereocenters. The summed E-state index contributed by atoms with van der Waals surface area (Å²) in [4.78, 5) is 16.6. The normalized spacial score (nSPS) is 10.4. The molecule has 0 saturated heterocycles. The Balaban J connectivity index is 1.61. The SMILES string of the molecule is COc1ccccc1-c1csc(NC(=O)COc2ccc(Br)c(C)c2)n1. The molecule has 1 amide bonds. The summed E-state index contributed by atoms with van der Waals surface area (Å²) in [5.74, 6) is 1.13. The minimum atomic E-state index is -0.258. The first-order valence-corrected chi connectivity index (χ1v) is 9.52. The summed E-state index contributed by atoms with van der Waals surface area (Å²) in [5.41, 5.74) is 2.69. The number of carbonyl (C=O) groups excluding carboxylic acids is 1. The van der Waals surface area contributed by atoms with Crippen molar-refractivity contribution < 1.29 is 14.3 Å². The molecule has 26 heavy (non-hydrogen) atoms. The Hall–Kier alpha value is -2.38. The molecule has 0 aliphatic carbocycles. The van der Waals surface area contributed by atoms with Crippen LogP contribution in [0.5, 0.6) is 11.5 Å². The summed E-state index contributed by atoms with van der Waals surface area (Å²) >= 11 is 4.79. The van der Waals surface area contributed by atoms with Gasteiger partial charge in [-0.05, 0) is 42.8 Å². The van der Waals surface area contributed by atoms with Gasteiger partial charge in [-0.3, -0.25) is 10.1 Å². The van der Waals surface area contributed by atoms with E-state index in [9.17, 15) is 4.79 Å². The zero-order chi connectivity index (χ0) is 18.5. The lowest BCUT2D eigenvalue weighted by molar-refractivity contribution is -0.118. The van der Waals surface area contributed by atoms with E-state index >= 15 is 0 Å². The molecular formula is C19H17BrN2O3S. The van der Waals surface area contributed by atoms with Crippen molar-refractivity contribution in [3.05, 3.63) is 57.9 Å². The van der Waals surface area contributed by atoms with Crippen LogP contribution in [0.15, 0.2) is 52.3 Å². The number of nitrogens with one attached hydrogen (secondary N) is 1. The second kappa shape index (κ2) is 8.33. The number of benzene rings is 2. The van der Waals surface area contributed by atoms with E-state index in [0.717, 1.165) is 27.0 Å². The van der Waals surface area contributed by atoms with Gasteiger partial charge in [-0.25, -0.2) is 4.98 Å². The van der Waals surface area contributed by atoms with Crippen LogP contribution in [-0.4, -0.2) is 24.6 Å². The maximum atomic E-state index is 12.1. The molecule has 3 rings (SSSR count). The predicted octanol–water partition coefficient (Wildman–Crippen LogP) is 4.91. The summed E-state index contributed by atoms with van der Waals surface area (Å²) in [5, 5.41) is 5.16. The number of methoxy groups -OCH3 is 1. The Morgan fingerprint density at radius 3 is 2.85 bits per heavy atom. The molecule has 7 heteroatoms. The number of thiazole rings is 1. The van der Waals surface area contributed by atoms with Gasteiger partial charge < -0.3 is 9.47 Å². The highest BCUT2D eigenvalue weighted by Gasteiger charge is 2.12. The molecule has 134 valence electrons. The quantitative estimate of drug-likeness (QED) is 0.601. The number of hydrogen-bond donors (Lipinski definition) is 1. The summed E-state index contributed by atoms with van der Waals surface area (Å²) in [6.45, 7) is 1.89. The van der Waals surface area contributed by atoms with Crippen LogP contribution in [0.1, 0.15) is 5.56 Å². The van der Waals surface area contributed by atoms with E-state index in [1.165, 1.54) is 11.3 Å². The van der Waals surface area contributed by atoms with Crippen molar-refractivity contribution in [1.29, 1.82) is 0 Å². The number of hydrogen-bond acceptors (Lipinski definition) is 5. The zero-order valence-electron chi connectivity index (χ0n) is 14.3. The Kier molecular flexibility index (Phi) is 5.90. The van der Waals surface area contributed by atoms with E-state index in [2.05, 4.69) is 26.2 Å². The van der Waals surface area contributed by atoms with E-state index in [1.807, 2.05) is 54.8 Å². The average Bonchev–Trinajstić information content (AvgIpc) is 3.11. The van der Waals surface area contributed by atoms with Gasteiger partial charge in [-0.1, -0.05) is 28.1 Å². The number of carbonyl (C=O) groups is 1. The molecule has 1 N–H and O–H groups in total. The molecule has 5 nitrogen and oxygen atoms in total. The van der Waals surface area contributed by atoms with Gasteiger partial charge >= 0.3 is 0 Å². The number of ether oxygens (including phenoxy) is 2. The molecule has 0 radical (unpaired) electrons. The van der Waals surface area contributed by atoms with Gasteiger partial charge in [0.1, 0.15) is 11.5 Å². The number of rotatable bonds is 6. The van der Waals surface area contributed by atoms with Gasteiger partial charge in [0.25, 0.3) is 5.91 Å². The van der Waals surface area contributed by atoms with Crippen molar-refractivity contribution in [2.45, 2.75) is 6.92 Å². The highest BCUT2D eigenvalue weighted by atomic mass is 79.9. The van der Waals surface area contributed by atoms with Crippen molar-refractivity contribution in [1.82, 2.24) is 4.98 Å². The molecule has 1 aromatic heterocycles. The van der Waals surface area contributed by atoms with Crippen LogP contribution in [0, 0.1) is 6.92 Å². The maximum Gasteiger partial charge on any atom is 0.264 e. The van der Waals surface area contributed by atoms with E-state index in [-0.39, 0.29) is 12.5 Å². The summed E-state index contributed by atoms with van der Waals surface area (Å²) in [7, 11) is 1.62. The molecule has 0 fully saturated rings. The number of nitrogens with zero attached hydrogens (tertiary/aromatic N) is 1. The molecule has 1 heterocycles. The summed E-state index contributed by atoms with van der Waals surface area (Å²) in [6.07, 6.45) is 0. The lowest BCUT2D eigenvalue weighted by Crippen LogP contribution is -2.20. The topological polar surface area (TPSA) is 60.5 Å². The highest BCUT2D eigenvalue weighted by molar-refractivity contribution is 9.10. The van der Waals surface area contributed by atoms with E-state index in [4.69, 9.17) is 9.47 Å². The van der Waals surface area contributed by atoms with Crippen LogP contribution in [-0.2, 0) is 4.79 Å². The Morgan fingerprint density at radius 1 is 1.27 bits per heavy atom. The van der Waals surface area contributed by atoms with Gasteiger partial charge in [-0.2, -0.15) is 0 Å². The number of halogens is 1. The molecule has 0 saturated carbocycles. The van der Waals surface area contributed by atoms with Crippen molar-refractivity contribution in [3.8, 4) is 22.8 Å². The monoisotopic (exact) mass is 432 g/mol. The molecule has 0 bridgehead atoms. The number of para-hydroxylation sites is 1. The fourth-order valence-corrected chi connectivity index (χ4v) is 3.30. The smallest absolute Gasteiger partial charge is 0.264 e. The van der Waals surface area contributed by atoms with Crippen LogP contribution >= 0.6 is 27.3 Å². The molecule has 0 aliphatic rings. The second-order valence-corrected chi connectivity index (χ2v) is 7.20. The standard InChI is InChI=1S/C19H17BrN2O3S/c1-12-9-13(7-8-15(12)20)25-10-18(23)22-19-21-16(11-26-19)14-5-3-4-6-17(14)24-2/h3-9,11H,10H2,1-2H3,(H,21,22,23). The van der Waals surface area contributed by atoms with Crippen LogP contribution in [0.2, 0.25) is 0 Å². The summed E-state index contributed by atoms with van der Waals surface area (Å²) in [6, 6.07) is 13.2. The number of anilines is 1. The Morgan fingerprint density at radius 2 is 2.08 bits per heavy atom. The van der Waals surface area contributed by atoms with Crippen LogP contribution < -0.4 is 14.8 Å². The third kappa shape index (κ3) is 4.42. The van der Waals surface area contributed by atoms with Crippen molar-refractivity contribution in [2.75, 3.05) is 19.0 Å². The second-order valence-electron chi connectivity index (χ2n) is 5.49. The molecule has 2 aromatic carbocycles. The largest absolute Gasteiger partial charge is 0.496 e. The lowest BCUT2D eigenvalue weighted by Gasteiger charge is -2.07. The minimum absolute atomic E-state index is 0.0787. The first-order valence-electron chi connectivity index (χ1n) is 7.84.